The Morgan fingerprint density at radius 3 is 2.15 bits per heavy atom. The van der Waals surface area contributed by atoms with E-state index in [2.05, 4.69) is 6.07 Å². The third-order valence-corrected chi connectivity index (χ3v) is 4.34. The van der Waals surface area contributed by atoms with Crippen molar-refractivity contribution in [1.29, 1.82) is 0 Å². The molecule has 1 amide bonds. The molecule has 26 heavy (non-hydrogen) atoms. The highest BCUT2D eigenvalue weighted by Gasteiger charge is 2.20. The van der Waals surface area contributed by atoms with Crippen molar-refractivity contribution < 1.29 is 4.79 Å². The highest BCUT2D eigenvalue weighted by molar-refractivity contribution is 6.12. The van der Waals surface area contributed by atoms with Gasteiger partial charge in [-0.25, -0.2) is 0 Å². The van der Waals surface area contributed by atoms with Crippen LogP contribution in [0.1, 0.15) is 10.4 Å². The van der Waals surface area contributed by atoms with Gasteiger partial charge in [0.05, 0.1) is 0 Å². The molecule has 0 aromatic heterocycles. The van der Waals surface area contributed by atoms with E-state index in [-0.39, 0.29) is 5.91 Å². The molecule has 3 heteroatoms. The Morgan fingerprint density at radius 1 is 0.654 bits per heavy atom. The first-order valence-electron chi connectivity index (χ1n) is 8.46. The molecule has 3 nitrogen and oxygen atoms in total. The van der Waals surface area contributed by atoms with Crippen LogP contribution in [0.5, 0.6) is 0 Å². The van der Waals surface area contributed by atoms with E-state index in [1.807, 2.05) is 66.7 Å². The molecule has 0 fully saturated rings. The number of nitrogen functional groups attached to an aromatic ring is 1. The van der Waals surface area contributed by atoms with Gasteiger partial charge in [-0.05, 0) is 53.2 Å². The molecule has 0 aliphatic carbocycles. The Balaban J connectivity index is 1.86. The van der Waals surface area contributed by atoms with Gasteiger partial charge < -0.3 is 5.73 Å². The van der Waals surface area contributed by atoms with Crippen LogP contribution in [-0.4, -0.2) is 5.91 Å². The first kappa shape index (κ1) is 15.9. The number of nitrogens with two attached hydrogens (primary N) is 1. The maximum Gasteiger partial charge on any atom is 0.262 e. The SMILES string of the molecule is Nc1cccc(C(=O)N(c2ccccc2)c2ccc3ccccc3c2)c1. The van der Waals surface area contributed by atoms with E-state index in [4.69, 9.17) is 5.73 Å². The highest BCUT2D eigenvalue weighted by atomic mass is 16.2. The molecule has 4 aromatic rings. The molecule has 2 N–H and O–H groups in total. The van der Waals surface area contributed by atoms with Crippen LogP contribution in [0.25, 0.3) is 10.8 Å². The summed E-state index contributed by atoms with van der Waals surface area (Å²) in [4.78, 5) is 15.0. The summed E-state index contributed by atoms with van der Waals surface area (Å²) < 4.78 is 0. The van der Waals surface area contributed by atoms with Gasteiger partial charge in [0.25, 0.3) is 5.91 Å². The number of para-hydroxylation sites is 1. The normalized spacial score (nSPS) is 10.6. The van der Waals surface area contributed by atoms with Crippen LogP contribution in [0.3, 0.4) is 0 Å². The first-order valence-corrected chi connectivity index (χ1v) is 8.46. The van der Waals surface area contributed by atoms with E-state index in [9.17, 15) is 4.79 Å². The minimum absolute atomic E-state index is 0.112. The molecule has 0 unspecified atom stereocenters. The number of rotatable bonds is 3. The lowest BCUT2D eigenvalue weighted by molar-refractivity contribution is 0.0999. The summed E-state index contributed by atoms with van der Waals surface area (Å²) >= 11 is 0. The zero-order valence-corrected chi connectivity index (χ0v) is 14.2. The van der Waals surface area contributed by atoms with Crippen molar-refractivity contribution in [2.75, 3.05) is 10.6 Å². The van der Waals surface area contributed by atoms with E-state index in [0.717, 1.165) is 22.1 Å². The molecule has 0 saturated carbocycles. The molecule has 0 radical (unpaired) electrons. The molecule has 0 bridgehead atoms. The maximum absolute atomic E-state index is 13.3. The lowest BCUT2D eigenvalue weighted by Crippen LogP contribution is -2.26. The van der Waals surface area contributed by atoms with E-state index in [0.29, 0.717) is 11.3 Å². The standard InChI is InChI=1S/C23H18N2O/c24-20-10-6-9-19(15-20)23(26)25(21-11-2-1-3-12-21)22-14-13-17-7-4-5-8-18(17)16-22/h1-16H,24H2. The van der Waals surface area contributed by atoms with Gasteiger partial charge in [-0.3, -0.25) is 9.69 Å². The van der Waals surface area contributed by atoms with E-state index < -0.39 is 0 Å². The van der Waals surface area contributed by atoms with Crippen LogP contribution >= 0.6 is 0 Å². The molecule has 0 saturated heterocycles. The summed E-state index contributed by atoms with van der Waals surface area (Å²) in [5.41, 5.74) is 8.64. The van der Waals surface area contributed by atoms with Crippen molar-refractivity contribution in [3.05, 3.63) is 103 Å². The molecule has 0 aliphatic rings. The Labute approximate surface area is 152 Å². The second-order valence-corrected chi connectivity index (χ2v) is 6.13. The number of hydrogen-bond donors (Lipinski definition) is 1. The molecule has 0 spiro atoms. The molecule has 126 valence electrons. The van der Waals surface area contributed by atoms with E-state index in [1.54, 1.807) is 29.2 Å². The summed E-state index contributed by atoms with van der Waals surface area (Å²) in [7, 11) is 0. The number of carbonyl (C=O) groups excluding carboxylic acids is 1. The Bertz CT molecular complexity index is 1070. The topological polar surface area (TPSA) is 46.3 Å². The average molecular weight is 338 g/mol. The summed E-state index contributed by atoms with van der Waals surface area (Å²) in [6.45, 7) is 0. The van der Waals surface area contributed by atoms with Crippen molar-refractivity contribution in [3.8, 4) is 0 Å². The third-order valence-electron chi connectivity index (χ3n) is 4.34. The number of hydrogen-bond acceptors (Lipinski definition) is 2. The Morgan fingerprint density at radius 2 is 1.38 bits per heavy atom. The zero-order valence-electron chi connectivity index (χ0n) is 14.2. The fraction of sp³-hybridized carbons (Fsp3) is 0. The predicted molar refractivity (Wildman–Crippen MR) is 108 cm³/mol. The fourth-order valence-electron chi connectivity index (χ4n) is 3.08. The van der Waals surface area contributed by atoms with E-state index >= 15 is 0 Å². The molecule has 4 rings (SSSR count). The van der Waals surface area contributed by atoms with Gasteiger partial charge in [-0.15, -0.1) is 0 Å². The van der Waals surface area contributed by atoms with Gasteiger partial charge in [0.15, 0.2) is 0 Å². The van der Waals surface area contributed by atoms with Gasteiger partial charge >= 0.3 is 0 Å². The fourth-order valence-corrected chi connectivity index (χ4v) is 3.08. The molecule has 0 aliphatic heterocycles. The molecule has 0 heterocycles. The van der Waals surface area contributed by atoms with Gasteiger partial charge in [0, 0.05) is 22.6 Å². The molecular formula is C23H18N2O. The number of carbonyl (C=O) groups is 1. The summed E-state index contributed by atoms with van der Waals surface area (Å²) in [6, 6.07) is 30.9. The van der Waals surface area contributed by atoms with Crippen molar-refractivity contribution in [2.24, 2.45) is 0 Å². The van der Waals surface area contributed by atoms with Crippen LogP contribution in [0.2, 0.25) is 0 Å². The van der Waals surface area contributed by atoms with Gasteiger partial charge in [0.1, 0.15) is 0 Å². The largest absolute Gasteiger partial charge is 0.399 e. The van der Waals surface area contributed by atoms with Crippen LogP contribution in [0, 0.1) is 0 Å². The average Bonchev–Trinajstić information content (AvgIpc) is 2.69. The second-order valence-electron chi connectivity index (χ2n) is 6.13. The Hall–Kier alpha value is -3.59. The number of amides is 1. The Kier molecular flexibility index (Phi) is 4.12. The lowest BCUT2D eigenvalue weighted by Gasteiger charge is -2.23. The van der Waals surface area contributed by atoms with Crippen LogP contribution in [0.15, 0.2) is 97.1 Å². The van der Waals surface area contributed by atoms with Crippen molar-refractivity contribution >= 4 is 33.7 Å². The lowest BCUT2D eigenvalue weighted by atomic mass is 10.1. The van der Waals surface area contributed by atoms with Crippen molar-refractivity contribution in [3.63, 3.8) is 0 Å². The third kappa shape index (κ3) is 3.03. The molecular weight excluding hydrogens is 320 g/mol. The van der Waals surface area contributed by atoms with Gasteiger partial charge in [0.2, 0.25) is 0 Å². The summed E-state index contributed by atoms with van der Waals surface area (Å²) in [5.74, 6) is -0.112. The van der Waals surface area contributed by atoms with Gasteiger partial charge in [-0.2, -0.15) is 0 Å². The van der Waals surface area contributed by atoms with Crippen LogP contribution < -0.4 is 10.6 Å². The minimum Gasteiger partial charge on any atom is -0.399 e. The number of fused-ring (bicyclic) bond motifs is 1. The number of nitrogens with zero attached hydrogens (tertiary/aromatic N) is 1. The number of benzene rings is 4. The molecule has 0 atom stereocenters. The summed E-state index contributed by atoms with van der Waals surface area (Å²) in [5, 5.41) is 2.23. The summed E-state index contributed by atoms with van der Waals surface area (Å²) in [6.07, 6.45) is 0. The molecule has 4 aromatic carbocycles. The number of anilines is 3. The van der Waals surface area contributed by atoms with Gasteiger partial charge in [-0.1, -0.05) is 54.6 Å². The van der Waals surface area contributed by atoms with Crippen molar-refractivity contribution in [1.82, 2.24) is 0 Å². The van der Waals surface area contributed by atoms with E-state index in [1.165, 1.54) is 0 Å². The van der Waals surface area contributed by atoms with Crippen LogP contribution in [0.4, 0.5) is 17.1 Å². The van der Waals surface area contributed by atoms with Crippen LogP contribution in [-0.2, 0) is 0 Å². The van der Waals surface area contributed by atoms with Crippen molar-refractivity contribution in [2.45, 2.75) is 0 Å². The maximum atomic E-state index is 13.3. The predicted octanol–water partition coefficient (Wildman–Crippen LogP) is 5.40. The first-order chi connectivity index (χ1) is 12.7. The smallest absolute Gasteiger partial charge is 0.262 e. The highest BCUT2D eigenvalue weighted by Crippen LogP contribution is 2.30. The monoisotopic (exact) mass is 338 g/mol. The zero-order chi connectivity index (χ0) is 17.9. The minimum atomic E-state index is -0.112. The quantitative estimate of drug-likeness (QED) is 0.508. The second kappa shape index (κ2) is 6.73.